The van der Waals surface area contributed by atoms with Crippen LogP contribution in [0.5, 0.6) is 0 Å². The summed E-state index contributed by atoms with van der Waals surface area (Å²) in [5.74, 6) is -11.4. The number of ether oxygens (including phenoxy) is 4. The van der Waals surface area contributed by atoms with Crippen LogP contribution in [0.1, 0.15) is 139 Å². The number of methoxy groups -OCH3 is 1. The van der Waals surface area contributed by atoms with E-state index in [1.165, 1.54) is 59.3 Å². The highest BCUT2D eigenvalue weighted by molar-refractivity contribution is 6.10. The van der Waals surface area contributed by atoms with Crippen LogP contribution in [0.2, 0.25) is 0 Å². The van der Waals surface area contributed by atoms with Crippen molar-refractivity contribution in [3.05, 3.63) is 121 Å². The summed E-state index contributed by atoms with van der Waals surface area (Å²) in [7, 11) is 5.67. The first-order valence-corrected chi connectivity index (χ1v) is 34.8. The number of fused-ring (bicyclic) bond motifs is 5. The van der Waals surface area contributed by atoms with Gasteiger partial charge in [0, 0.05) is 142 Å². The Morgan fingerprint density at radius 2 is 1.56 bits per heavy atom. The van der Waals surface area contributed by atoms with E-state index in [0.29, 0.717) is 48.3 Å². The smallest absolute Gasteiger partial charge is 0.312 e. The zero-order chi connectivity index (χ0) is 75.1. The number of piperidine rings is 1. The number of nitrogens with zero attached hydrogens (tertiary/aromatic N) is 3. The standard InChI is InChI=1S/C75H99N9O18/c1-37(2)51(86)25-26-55(88)80-59(38(3)4)73(96)79-50(20-17-30-77-74(76)97)72(95)78-47-23-21-46(22-24-47)36-84(13,14)49-27-31-83(32-28-49)48-34-52(87)60-54(35-48)101-69-61(81-60)56-57-65(91)44(10)68-58(56)70(93)75(12,102-68)99-33-29-53(98-15)41(7)67(100-45(11)85)43(9)64(90)42(8)63(89)39(5)18-16-19-40(6)71(94)82-62(69)66(57)92/h16,18-19,21-24,29,33-35,37-39,41-43,49-50,53,58-59,63-64,67,89-90H,17,20,25-28,30-32,36H2,1-15H3,(H7-,76,77,78,79,80,81,82,87,88,91,92,94,95,96,97)/p+1/b18-16+,33-29+,40-19-/t39-,41-,42+,43+,50-,53-,58?,59-,63-,64+,67+,75-/m0/s1. The van der Waals surface area contributed by atoms with Crippen LogP contribution in [0, 0.1) is 35.5 Å². The van der Waals surface area contributed by atoms with Gasteiger partial charge < -0.3 is 80.4 Å². The van der Waals surface area contributed by atoms with Gasteiger partial charge in [0.25, 0.3) is 5.91 Å². The Bertz CT molecular complexity index is 4190. The number of aliphatic hydroxyl groups is 3. The van der Waals surface area contributed by atoms with Gasteiger partial charge in [-0.05, 0) is 50.8 Å². The number of carbonyl (C=O) groups is 8. The van der Waals surface area contributed by atoms with Gasteiger partial charge in [0.1, 0.15) is 59.2 Å². The first kappa shape index (κ1) is 78.4. The molecule has 4 heterocycles. The Morgan fingerprint density at radius 3 is 2.19 bits per heavy atom. The third kappa shape index (κ3) is 17.6. The third-order valence-electron chi connectivity index (χ3n) is 20.3. The number of esters is 1. The third-order valence-corrected chi connectivity index (χ3v) is 20.3. The minimum Gasteiger partial charge on any atom is -0.507 e. The van der Waals surface area contributed by atoms with Crippen molar-refractivity contribution in [2.24, 2.45) is 41.2 Å². The molecule has 1 aliphatic carbocycles. The number of quaternary nitrogens is 1. The van der Waals surface area contributed by atoms with Gasteiger partial charge in [-0.1, -0.05) is 85.8 Å². The monoisotopic (exact) mass is 1410 g/mol. The molecule has 12 atom stereocenters. The van der Waals surface area contributed by atoms with Crippen LogP contribution < -0.4 is 53.3 Å². The number of carbonyl (C=O) groups excluding carboxylic acids is 8. The van der Waals surface area contributed by atoms with Crippen molar-refractivity contribution >= 4 is 92.2 Å². The van der Waals surface area contributed by atoms with Gasteiger partial charge in [0.2, 0.25) is 34.4 Å². The molecule has 27 nitrogen and oxygen atoms in total. The van der Waals surface area contributed by atoms with Crippen LogP contribution in [0.15, 0.2) is 97.9 Å². The summed E-state index contributed by atoms with van der Waals surface area (Å²) in [5, 5.41) is 48.6. The number of hydrogen-bond acceptors (Lipinski definition) is 20. The molecule has 3 aliphatic heterocycles. The molecule has 102 heavy (non-hydrogen) atoms. The number of anilines is 3. The lowest BCUT2D eigenvalue weighted by molar-refractivity contribution is -0.928. The second-order valence-corrected chi connectivity index (χ2v) is 28.9. The Kier molecular flexibility index (Phi) is 25.2. The number of aromatic nitrogens is 1. The summed E-state index contributed by atoms with van der Waals surface area (Å²) in [6.07, 6.45) is 4.94. The van der Waals surface area contributed by atoms with E-state index in [-0.39, 0.29) is 106 Å². The van der Waals surface area contributed by atoms with Crippen molar-refractivity contribution in [1.82, 2.24) is 20.9 Å². The van der Waals surface area contributed by atoms with E-state index in [1.807, 2.05) is 17.0 Å². The molecule has 0 radical (unpaired) electrons. The number of nitrogens with two attached hydrogens (primary N) is 1. The summed E-state index contributed by atoms with van der Waals surface area (Å²) in [4.78, 5) is 143. The molecule has 5 bridgehead atoms. The van der Waals surface area contributed by atoms with E-state index in [1.54, 1.807) is 85.7 Å². The molecule has 4 aromatic rings. The summed E-state index contributed by atoms with van der Waals surface area (Å²) >= 11 is 0. The number of ketones is 2. The maximum atomic E-state index is 15.2. The number of aliphatic hydroxyl groups excluding tert-OH is 3. The number of nitrogens with one attached hydrogen (secondary N) is 5. The predicted molar refractivity (Wildman–Crippen MR) is 383 cm³/mol. The maximum Gasteiger partial charge on any atom is 0.312 e. The number of Topliss-reactive ketones (excluding diaryl/α,β-unsaturated/α-hetero) is 2. The zero-order valence-corrected chi connectivity index (χ0v) is 60.9. The first-order chi connectivity index (χ1) is 48.0. The van der Waals surface area contributed by atoms with Gasteiger partial charge in [-0.2, -0.15) is 0 Å². The van der Waals surface area contributed by atoms with E-state index in [2.05, 4.69) is 40.7 Å². The van der Waals surface area contributed by atoms with Crippen LogP contribution in [-0.2, 0) is 59.1 Å². The molecule has 0 spiro atoms. The molecular formula is C75H100N9O18+. The number of allylic oxidation sites excluding steroid dienone is 3. The molecule has 6 amide bonds. The molecule has 1 unspecified atom stereocenters. The van der Waals surface area contributed by atoms with Gasteiger partial charge in [-0.25, -0.2) is 9.78 Å². The van der Waals surface area contributed by atoms with Gasteiger partial charge in [0.15, 0.2) is 16.7 Å². The highest BCUT2D eigenvalue weighted by atomic mass is 16.7. The average molecular weight is 1420 g/mol. The van der Waals surface area contributed by atoms with Crippen LogP contribution >= 0.6 is 0 Å². The lowest BCUT2D eigenvalue weighted by atomic mass is 9.78. The molecule has 2 saturated heterocycles. The molecule has 0 saturated carbocycles. The van der Waals surface area contributed by atoms with Crippen molar-refractivity contribution in [3.8, 4) is 0 Å². The molecule has 27 heteroatoms. The van der Waals surface area contributed by atoms with E-state index < -0.39 is 136 Å². The van der Waals surface area contributed by atoms with Crippen molar-refractivity contribution in [2.75, 3.05) is 56.4 Å². The van der Waals surface area contributed by atoms with Crippen LogP contribution in [0.3, 0.4) is 0 Å². The van der Waals surface area contributed by atoms with Crippen molar-refractivity contribution in [3.63, 3.8) is 0 Å². The van der Waals surface area contributed by atoms with Gasteiger partial charge in [-0.15, -0.1) is 0 Å². The van der Waals surface area contributed by atoms with Gasteiger partial charge in [0.05, 0.1) is 49.9 Å². The van der Waals surface area contributed by atoms with Crippen LogP contribution in [-0.4, -0.2) is 161 Å². The fraction of sp³-hybridized carbons (Fsp3) is 0.533. The number of rotatable bonds is 20. The van der Waals surface area contributed by atoms with Crippen molar-refractivity contribution in [1.29, 1.82) is 0 Å². The second-order valence-electron chi connectivity index (χ2n) is 28.9. The van der Waals surface area contributed by atoms with E-state index in [4.69, 9.17) is 34.1 Å². The molecular weight excluding hydrogens is 1310 g/mol. The summed E-state index contributed by atoms with van der Waals surface area (Å²) in [6, 6.07) is 7.77. The predicted octanol–water partition coefficient (Wildman–Crippen LogP) is 6.23. The quantitative estimate of drug-likeness (QED) is 0.0205. The first-order valence-electron chi connectivity index (χ1n) is 34.8. The fourth-order valence-corrected chi connectivity index (χ4v) is 14.0. The Morgan fingerprint density at radius 1 is 0.882 bits per heavy atom. The van der Waals surface area contributed by atoms with Gasteiger partial charge in [-0.3, -0.25) is 43.2 Å². The number of benzene rings is 3. The normalized spacial score (nSPS) is 25.6. The number of primary amides is 1. The lowest BCUT2D eigenvalue weighted by Gasteiger charge is -2.43. The lowest BCUT2D eigenvalue weighted by Crippen LogP contribution is -2.54. The highest BCUT2D eigenvalue weighted by Crippen LogP contribution is 2.47. The molecule has 3 aromatic carbocycles. The van der Waals surface area contributed by atoms with Crippen molar-refractivity contribution < 1.29 is 81.5 Å². The summed E-state index contributed by atoms with van der Waals surface area (Å²) in [6.45, 7) is 21.2. The molecule has 552 valence electrons. The number of urea groups is 1. The summed E-state index contributed by atoms with van der Waals surface area (Å²) in [5.41, 5.74) is 4.49. The number of hydrogen-bond donors (Lipinski definition) is 9. The minimum atomic E-state index is -2.12. The van der Waals surface area contributed by atoms with Crippen molar-refractivity contribution in [2.45, 2.75) is 182 Å². The number of amides is 6. The van der Waals surface area contributed by atoms with E-state index >= 15 is 9.59 Å². The zero-order valence-electron chi connectivity index (χ0n) is 60.9. The second kappa shape index (κ2) is 32.8. The Balaban J connectivity index is 1.05. The maximum absolute atomic E-state index is 15.2. The van der Waals surface area contributed by atoms with E-state index in [0.717, 1.165) is 5.56 Å². The SMILES string of the molecule is CO[C@H]1/C=C/O[C@@]2(C)OC3=C(C)C(O)=c4c(c5nc6c(=O)cc(N7CCC([N+](C)(C)Cc8ccc(NC(=O)[C@H](CCCNC(N)=O)NC(=O)[C@@H](NC(=O)CCC(=O)C(C)C)C(C)C)cc8)CC7)cc6oc5c(c4=O)NC(=O)/C(C)=C\C=C\[C@H](C)[C@H](O)[C@@H](C)[C@@H](O)[C@@H](C)[C@H](OC(C)=O)[C@H]1C)C3C2=O. The Hall–Kier alpha value is -9.31. The largest absolute Gasteiger partial charge is 0.507 e. The minimum absolute atomic E-state index is 0.0103. The molecule has 10 N–H and O–H groups in total. The van der Waals surface area contributed by atoms with Crippen LogP contribution in [0.4, 0.5) is 21.9 Å². The molecule has 8 rings (SSSR count). The average Bonchev–Trinajstić information content (AvgIpc) is 1.62. The molecule has 1 aromatic heterocycles. The fourth-order valence-electron chi connectivity index (χ4n) is 14.0. The highest BCUT2D eigenvalue weighted by Gasteiger charge is 2.56. The van der Waals surface area contributed by atoms with Crippen LogP contribution in [0.25, 0.3) is 28.0 Å². The Labute approximate surface area is 592 Å². The molecule has 2 fully saturated rings. The summed E-state index contributed by atoms with van der Waals surface area (Å²) < 4.78 is 31.3. The van der Waals surface area contributed by atoms with E-state index in [9.17, 15) is 53.7 Å². The molecule has 4 aliphatic rings. The topological polar surface area (TPSA) is 384 Å². The van der Waals surface area contributed by atoms with Gasteiger partial charge >= 0.3 is 17.8 Å².